The zero-order valence-corrected chi connectivity index (χ0v) is 11.3. The smallest absolute Gasteiger partial charge is 0.264 e. The minimum absolute atomic E-state index is 0.119. The number of hydrogen-bond acceptors (Lipinski definition) is 4. The van der Waals surface area contributed by atoms with Crippen LogP contribution >= 0.6 is 11.3 Å². The summed E-state index contributed by atoms with van der Waals surface area (Å²) in [6.07, 6.45) is 0. The van der Waals surface area contributed by atoms with Crippen molar-refractivity contribution >= 4 is 17.2 Å². The summed E-state index contributed by atoms with van der Waals surface area (Å²) in [7, 11) is 2.08. The summed E-state index contributed by atoms with van der Waals surface area (Å²) in [5.74, 6) is 5.87. The topological polar surface area (TPSA) is 49.6 Å². The molecule has 0 saturated carbocycles. The van der Waals surface area contributed by atoms with Crippen LogP contribution < -0.4 is 5.73 Å². The van der Waals surface area contributed by atoms with E-state index in [1.165, 1.54) is 11.3 Å². The zero-order valence-electron chi connectivity index (χ0n) is 10.5. The van der Waals surface area contributed by atoms with Gasteiger partial charge in [-0.25, -0.2) is 0 Å². The Morgan fingerprint density at radius 2 is 2.11 bits per heavy atom. The molecule has 0 unspecified atom stereocenters. The molecule has 0 atom stereocenters. The number of amides is 1. The highest BCUT2D eigenvalue weighted by atomic mass is 32.1. The SMILES string of the molecule is CN1CCN(C(=O)c2ccc(C#CCN)s2)CC1. The lowest BCUT2D eigenvalue weighted by molar-refractivity contribution is 0.0669. The predicted molar refractivity (Wildman–Crippen MR) is 73.7 cm³/mol. The molecule has 18 heavy (non-hydrogen) atoms. The third kappa shape index (κ3) is 3.10. The molecule has 0 bridgehead atoms. The highest BCUT2D eigenvalue weighted by Gasteiger charge is 2.21. The number of piperazine rings is 1. The molecule has 4 nitrogen and oxygen atoms in total. The van der Waals surface area contributed by atoms with Crippen LogP contribution in [0, 0.1) is 11.8 Å². The van der Waals surface area contributed by atoms with E-state index < -0.39 is 0 Å². The van der Waals surface area contributed by atoms with Gasteiger partial charge in [-0.3, -0.25) is 4.79 Å². The number of carbonyl (C=O) groups excluding carboxylic acids is 1. The molecule has 1 fully saturated rings. The molecule has 96 valence electrons. The highest BCUT2D eigenvalue weighted by Crippen LogP contribution is 2.18. The summed E-state index contributed by atoms with van der Waals surface area (Å²) < 4.78 is 0. The Kier molecular flexibility index (Phi) is 4.37. The molecule has 1 amide bonds. The van der Waals surface area contributed by atoms with Crippen LogP contribution in [0.15, 0.2) is 12.1 Å². The largest absolute Gasteiger partial charge is 0.335 e. The van der Waals surface area contributed by atoms with Gasteiger partial charge in [-0.1, -0.05) is 11.8 Å². The molecule has 0 aliphatic carbocycles. The minimum Gasteiger partial charge on any atom is -0.335 e. The second-order valence-corrected chi connectivity index (χ2v) is 5.35. The minimum atomic E-state index is 0.119. The number of rotatable bonds is 1. The Morgan fingerprint density at radius 3 is 2.78 bits per heavy atom. The Bertz CT molecular complexity index is 478. The van der Waals surface area contributed by atoms with Gasteiger partial charge in [0.05, 0.1) is 16.3 Å². The van der Waals surface area contributed by atoms with E-state index >= 15 is 0 Å². The van der Waals surface area contributed by atoms with Gasteiger partial charge in [-0.05, 0) is 19.2 Å². The van der Waals surface area contributed by atoms with Crippen molar-refractivity contribution in [2.75, 3.05) is 39.8 Å². The van der Waals surface area contributed by atoms with Crippen molar-refractivity contribution in [3.05, 3.63) is 21.9 Å². The fourth-order valence-corrected chi connectivity index (χ4v) is 2.67. The summed E-state index contributed by atoms with van der Waals surface area (Å²) in [6.45, 7) is 3.83. The van der Waals surface area contributed by atoms with Gasteiger partial charge in [0.15, 0.2) is 0 Å². The van der Waals surface area contributed by atoms with Crippen molar-refractivity contribution in [2.45, 2.75) is 0 Å². The van der Waals surface area contributed by atoms with Gasteiger partial charge in [0.2, 0.25) is 0 Å². The second kappa shape index (κ2) is 6.01. The van der Waals surface area contributed by atoms with E-state index in [2.05, 4.69) is 23.8 Å². The lowest BCUT2D eigenvalue weighted by atomic mass is 10.3. The molecule has 1 aromatic heterocycles. The molecule has 1 aliphatic heterocycles. The standard InChI is InChI=1S/C13H17N3OS/c1-15-7-9-16(10-8-15)13(17)12-5-4-11(18-12)3-2-6-14/h4-5H,6-10,14H2,1H3. The maximum atomic E-state index is 12.2. The van der Waals surface area contributed by atoms with E-state index in [9.17, 15) is 4.79 Å². The Balaban J connectivity index is 2.02. The summed E-state index contributed by atoms with van der Waals surface area (Å²) in [5.41, 5.74) is 5.32. The average Bonchev–Trinajstić information content (AvgIpc) is 2.85. The number of nitrogens with two attached hydrogens (primary N) is 1. The van der Waals surface area contributed by atoms with E-state index in [-0.39, 0.29) is 5.91 Å². The lowest BCUT2D eigenvalue weighted by Gasteiger charge is -2.32. The van der Waals surface area contributed by atoms with Gasteiger partial charge in [-0.15, -0.1) is 11.3 Å². The molecule has 1 aromatic rings. The molecule has 2 rings (SSSR count). The third-order valence-electron chi connectivity index (χ3n) is 2.92. The van der Waals surface area contributed by atoms with E-state index in [0.29, 0.717) is 6.54 Å². The van der Waals surface area contributed by atoms with Gasteiger partial charge in [-0.2, -0.15) is 0 Å². The van der Waals surface area contributed by atoms with Gasteiger partial charge in [0.25, 0.3) is 5.91 Å². The molecule has 5 heteroatoms. The van der Waals surface area contributed by atoms with E-state index in [1.807, 2.05) is 17.0 Å². The molecule has 0 radical (unpaired) electrons. The van der Waals surface area contributed by atoms with Crippen LogP contribution in [-0.4, -0.2) is 55.5 Å². The summed E-state index contributed by atoms with van der Waals surface area (Å²) in [6, 6.07) is 3.74. The number of carbonyl (C=O) groups is 1. The first-order valence-corrected chi connectivity index (χ1v) is 6.79. The summed E-state index contributed by atoms with van der Waals surface area (Å²) in [4.78, 5) is 18.0. The van der Waals surface area contributed by atoms with Crippen LogP contribution in [0.1, 0.15) is 14.5 Å². The second-order valence-electron chi connectivity index (χ2n) is 4.27. The van der Waals surface area contributed by atoms with Crippen LogP contribution in [0.25, 0.3) is 0 Å². The first kappa shape index (κ1) is 13.1. The fourth-order valence-electron chi connectivity index (χ4n) is 1.82. The summed E-state index contributed by atoms with van der Waals surface area (Å²) >= 11 is 1.44. The zero-order chi connectivity index (χ0) is 13.0. The molecule has 2 heterocycles. The third-order valence-corrected chi connectivity index (χ3v) is 3.91. The maximum Gasteiger partial charge on any atom is 0.264 e. The quantitative estimate of drug-likeness (QED) is 0.748. The van der Waals surface area contributed by atoms with Crippen molar-refractivity contribution in [1.29, 1.82) is 0 Å². The van der Waals surface area contributed by atoms with E-state index in [4.69, 9.17) is 5.73 Å². The van der Waals surface area contributed by atoms with Gasteiger partial charge in [0.1, 0.15) is 0 Å². The molecule has 0 aromatic carbocycles. The first-order chi connectivity index (χ1) is 8.70. The van der Waals surface area contributed by atoms with Crippen LogP contribution in [0.5, 0.6) is 0 Å². The molecular formula is C13H17N3OS. The van der Waals surface area contributed by atoms with Crippen molar-refractivity contribution in [3.63, 3.8) is 0 Å². The number of hydrogen-bond donors (Lipinski definition) is 1. The van der Waals surface area contributed by atoms with E-state index in [1.54, 1.807) is 0 Å². The Morgan fingerprint density at radius 1 is 1.39 bits per heavy atom. The normalized spacial score (nSPS) is 16.2. The van der Waals surface area contributed by atoms with Crippen LogP contribution in [0.4, 0.5) is 0 Å². The fraction of sp³-hybridized carbons (Fsp3) is 0.462. The van der Waals surface area contributed by atoms with Crippen LogP contribution in [-0.2, 0) is 0 Å². The number of nitrogens with zero attached hydrogens (tertiary/aromatic N) is 2. The van der Waals surface area contributed by atoms with Crippen LogP contribution in [0.3, 0.4) is 0 Å². The highest BCUT2D eigenvalue weighted by molar-refractivity contribution is 7.14. The molecular weight excluding hydrogens is 246 g/mol. The average molecular weight is 263 g/mol. The number of likely N-dealkylation sites (N-methyl/N-ethyl adjacent to an activating group) is 1. The number of thiophene rings is 1. The maximum absolute atomic E-state index is 12.2. The molecule has 1 saturated heterocycles. The summed E-state index contributed by atoms with van der Waals surface area (Å²) in [5, 5.41) is 0. The predicted octanol–water partition coefficient (Wildman–Crippen LogP) is 0.446. The molecule has 0 spiro atoms. The van der Waals surface area contributed by atoms with Gasteiger partial charge in [0, 0.05) is 26.2 Å². The monoisotopic (exact) mass is 263 g/mol. The Hall–Kier alpha value is -1.35. The van der Waals surface area contributed by atoms with Crippen LogP contribution in [0.2, 0.25) is 0 Å². The van der Waals surface area contributed by atoms with Crippen molar-refractivity contribution in [2.24, 2.45) is 5.73 Å². The molecule has 2 N–H and O–H groups in total. The Labute approximate surface area is 111 Å². The van der Waals surface area contributed by atoms with Crippen molar-refractivity contribution < 1.29 is 4.79 Å². The van der Waals surface area contributed by atoms with E-state index in [0.717, 1.165) is 35.9 Å². The van der Waals surface area contributed by atoms with Gasteiger partial charge >= 0.3 is 0 Å². The van der Waals surface area contributed by atoms with Gasteiger partial charge < -0.3 is 15.5 Å². The molecule has 1 aliphatic rings. The van der Waals surface area contributed by atoms with Crippen molar-refractivity contribution in [3.8, 4) is 11.8 Å². The lowest BCUT2D eigenvalue weighted by Crippen LogP contribution is -2.46. The van der Waals surface area contributed by atoms with Crippen molar-refractivity contribution in [1.82, 2.24) is 9.80 Å². The first-order valence-electron chi connectivity index (χ1n) is 5.97.